The molecule has 0 saturated carbocycles. The van der Waals surface area contributed by atoms with E-state index in [4.69, 9.17) is 14.2 Å². The fourth-order valence-electron chi connectivity index (χ4n) is 4.20. The molecular formula is C23H27NO4. The predicted octanol–water partition coefficient (Wildman–Crippen LogP) is 3.70. The number of nitrogens with one attached hydrogen (secondary N) is 1. The number of benzene rings is 2. The molecule has 0 aromatic heterocycles. The molecule has 2 aliphatic heterocycles. The van der Waals surface area contributed by atoms with Gasteiger partial charge >= 0.3 is 0 Å². The van der Waals surface area contributed by atoms with Gasteiger partial charge in [0.25, 0.3) is 0 Å². The van der Waals surface area contributed by atoms with Crippen LogP contribution >= 0.6 is 0 Å². The summed E-state index contributed by atoms with van der Waals surface area (Å²) in [5, 5.41) is 3.74. The molecular weight excluding hydrogens is 354 g/mol. The third-order valence-corrected chi connectivity index (χ3v) is 5.74. The summed E-state index contributed by atoms with van der Waals surface area (Å²) in [5.41, 5.74) is 2.02. The summed E-state index contributed by atoms with van der Waals surface area (Å²) >= 11 is 0. The molecule has 5 heteroatoms. The van der Waals surface area contributed by atoms with Crippen LogP contribution in [0.25, 0.3) is 0 Å². The second-order valence-electron chi connectivity index (χ2n) is 7.49. The van der Waals surface area contributed by atoms with Crippen molar-refractivity contribution in [1.82, 2.24) is 5.32 Å². The molecule has 0 amide bonds. The van der Waals surface area contributed by atoms with Crippen molar-refractivity contribution in [1.29, 1.82) is 0 Å². The Morgan fingerprint density at radius 1 is 0.750 bits per heavy atom. The van der Waals surface area contributed by atoms with Gasteiger partial charge in [0.05, 0.1) is 13.2 Å². The monoisotopic (exact) mass is 381 g/mol. The highest BCUT2D eigenvalue weighted by Crippen LogP contribution is 2.42. The predicted molar refractivity (Wildman–Crippen MR) is 107 cm³/mol. The maximum Gasteiger partial charge on any atom is 0.142 e. The molecule has 2 aliphatic rings. The van der Waals surface area contributed by atoms with Crippen molar-refractivity contribution >= 4 is 5.78 Å². The minimum absolute atomic E-state index is 0.123. The van der Waals surface area contributed by atoms with Crippen molar-refractivity contribution < 1.29 is 19.0 Å². The summed E-state index contributed by atoms with van der Waals surface area (Å²) in [7, 11) is 0. The quantitative estimate of drug-likeness (QED) is 0.754. The SMILES string of the molecule is CC1C(=O)C(C)C2NC1c1ccccc1OCCOCCOc1ccccc12. The summed E-state index contributed by atoms with van der Waals surface area (Å²) in [6.45, 7) is 5.90. The van der Waals surface area contributed by atoms with E-state index in [2.05, 4.69) is 5.32 Å². The second kappa shape index (κ2) is 8.33. The second-order valence-corrected chi connectivity index (χ2v) is 7.49. The van der Waals surface area contributed by atoms with Gasteiger partial charge in [-0.25, -0.2) is 0 Å². The molecule has 4 atom stereocenters. The molecule has 5 nitrogen and oxygen atoms in total. The molecule has 0 aliphatic carbocycles. The maximum absolute atomic E-state index is 13.2. The summed E-state index contributed by atoms with van der Waals surface area (Å²) in [6, 6.07) is 15.7. The Kier molecular flexibility index (Phi) is 5.64. The van der Waals surface area contributed by atoms with Gasteiger partial charge in [-0.15, -0.1) is 0 Å². The Labute approximate surface area is 166 Å². The van der Waals surface area contributed by atoms with Gasteiger partial charge in [0.1, 0.15) is 30.5 Å². The van der Waals surface area contributed by atoms with Crippen LogP contribution in [0, 0.1) is 11.8 Å². The fourth-order valence-corrected chi connectivity index (χ4v) is 4.20. The smallest absolute Gasteiger partial charge is 0.142 e. The van der Waals surface area contributed by atoms with E-state index in [0.29, 0.717) is 26.4 Å². The summed E-state index contributed by atoms with van der Waals surface area (Å²) in [6.07, 6.45) is 0. The number of piperidine rings is 1. The van der Waals surface area contributed by atoms with E-state index in [1.54, 1.807) is 0 Å². The van der Waals surface area contributed by atoms with Crippen molar-refractivity contribution in [2.75, 3.05) is 26.4 Å². The van der Waals surface area contributed by atoms with Crippen LogP contribution in [0.3, 0.4) is 0 Å². The zero-order chi connectivity index (χ0) is 19.5. The van der Waals surface area contributed by atoms with Gasteiger partial charge in [-0.3, -0.25) is 4.79 Å². The van der Waals surface area contributed by atoms with Crippen molar-refractivity contribution in [2.45, 2.75) is 25.9 Å². The summed E-state index contributed by atoms with van der Waals surface area (Å²) in [5.74, 6) is 1.58. The molecule has 4 unspecified atom stereocenters. The Bertz CT molecular complexity index is 771. The molecule has 4 rings (SSSR count). The van der Waals surface area contributed by atoms with Gasteiger partial charge < -0.3 is 19.5 Å². The van der Waals surface area contributed by atoms with Gasteiger partial charge in [0.2, 0.25) is 0 Å². The molecule has 148 valence electrons. The first-order valence-electron chi connectivity index (χ1n) is 9.98. The molecule has 1 fully saturated rings. The molecule has 28 heavy (non-hydrogen) atoms. The van der Waals surface area contributed by atoms with Crippen LogP contribution < -0.4 is 14.8 Å². The van der Waals surface area contributed by atoms with Crippen LogP contribution in [-0.4, -0.2) is 32.2 Å². The molecule has 0 radical (unpaired) electrons. The fraction of sp³-hybridized carbons (Fsp3) is 0.435. The zero-order valence-electron chi connectivity index (χ0n) is 16.4. The highest BCUT2D eigenvalue weighted by atomic mass is 16.5. The summed E-state index contributed by atoms with van der Waals surface area (Å²) in [4.78, 5) is 13.2. The van der Waals surface area contributed by atoms with Crippen LogP contribution in [0.4, 0.5) is 0 Å². The number of carbonyl (C=O) groups is 1. The van der Waals surface area contributed by atoms with E-state index in [1.165, 1.54) is 0 Å². The first-order valence-corrected chi connectivity index (χ1v) is 9.98. The largest absolute Gasteiger partial charge is 0.491 e. The minimum atomic E-state index is -0.145. The van der Waals surface area contributed by atoms with Crippen molar-refractivity contribution in [3.63, 3.8) is 0 Å². The number of hydrogen-bond donors (Lipinski definition) is 1. The molecule has 2 aromatic carbocycles. The molecule has 2 aromatic rings. The van der Waals surface area contributed by atoms with Crippen LogP contribution in [0.5, 0.6) is 11.5 Å². The van der Waals surface area contributed by atoms with E-state index >= 15 is 0 Å². The highest BCUT2D eigenvalue weighted by molar-refractivity contribution is 5.85. The lowest BCUT2D eigenvalue weighted by molar-refractivity contribution is -0.130. The van der Waals surface area contributed by atoms with Gasteiger partial charge in [-0.1, -0.05) is 50.2 Å². The topological polar surface area (TPSA) is 56.8 Å². The average molecular weight is 381 g/mol. The highest BCUT2D eigenvalue weighted by Gasteiger charge is 2.41. The van der Waals surface area contributed by atoms with Crippen LogP contribution in [0.2, 0.25) is 0 Å². The lowest BCUT2D eigenvalue weighted by atomic mass is 9.76. The number of carbonyl (C=O) groups excluding carboxylic acids is 1. The normalized spacial score (nSPS) is 28.1. The lowest BCUT2D eigenvalue weighted by Crippen LogP contribution is -2.46. The van der Waals surface area contributed by atoms with E-state index < -0.39 is 0 Å². The Hall–Kier alpha value is -2.37. The number of fused-ring (bicyclic) bond motifs is 6. The van der Waals surface area contributed by atoms with Crippen molar-refractivity contribution in [3.8, 4) is 11.5 Å². The van der Waals surface area contributed by atoms with E-state index in [0.717, 1.165) is 22.6 Å². The number of ketones is 1. The van der Waals surface area contributed by atoms with Crippen molar-refractivity contribution in [2.24, 2.45) is 11.8 Å². The van der Waals surface area contributed by atoms with Gasteiger partial charge in [-0.05, 0) is 12.1 Å². The van der Waals surface area contributed by atoms with E-state index in [9.17, 15) is 4.79 Å². The number of hydrogen-bond acceptors (Lipinski definition) is 5. The van der Waals surface area contributed by atoms with E-state index in [1.807, 2.05) is 62.4 Å². The molecule has 2 heterocycles. The molecule has 0 spiro atoms. The third kappa shape index (κ3) is 3.64. The molecule has 2 bridgehead atoms. The lowest BCUT2D eigenvalue weighted by Gasteiger charge is -2.40. The zero-order valence-corrected chi connectivity index (χ0v) is 16.4. The van der Waals surface area contributed by atoms with Crippen LogP contribution in [-0.2, 0) is 9.53 Å². The first-order chi connectivity index (χ1) is 13.7. The Morgan fingerprint density at radius 2 is 1.21 bits per heavy atom. The van der Waals surface area contributed by atoms with Gasteiger partial charge in [0.15, 0.2) is 0 Å². The van der Waals surface area contributed by atoms with Crippen molar-refractivity contribution in [3.05, 3.63) is 59.7 Å². The Balaban J connectivity index is 1.78. The average Bonchev–Trinajstić information content (AvgIpc) is 2.72. The maximum atomic E-state index is 13.2. The standard InChI is InChI=1S/C23H27NO4/c1-15-21-17-7-3-5-9-19(17)27-13-11-26-12-14-28-20-10-6-4-8-18(20)22(24-21)16(2)23(15)25/h3-10,15-16,21-22,24H,11-14H2,1-2H3. The number of ether oxygens (including phenoxy) is 3. The van der Waals surface area contributed by atoms with E-state index in [-0.39, 0.29) is 29.7 Å². The number of para-hydroxylation sites is 2. The van der Waals surface area contributed by atoms with Crippen LogP contribution in [0.15, 0.2) is 48.5 Å². The number of Topliss-reactive ketones (excluding diaryl/α,β-unsaturated/α-hetero) is 1. The van der Waals surface area contributed by atoms with Gasteiger partial charge in [-0.2, -0.15) is 0 Å². The Morgan fingerprint density at radius 3 is 1.71 bits per heavy atom. The summed E-state index contributed by atoms with van der Waals surface area (Å²) < 4.78 is 17.6. The first kappa shape index (κ1) is 19.0. The number of rotatable bonds is 0. The van der Waals surface area contributed by atoms with Gasteiger partial charge in [0, 0.05) is 35.0 Å². The van der Waals surface area contributed by atoms with Crippen LogP contribution in [0.1, 0.15) is 37.1 Å². The third-order valence-electron chi connectivity index (χ3n) is 5.74. The minimum Gasteiger partial charge on any atom is -0.491 e. The molecule has 1 N–H and O–H groups in total. The molecule has 1 saturated heterocycles.